The SMILES string of the molecule is O=C1CC2(CC3C=CC2O3)C(=O)O1.O=C1CC2(CC3C=CC2O3)C(=O)O1.O=C1CC2(CC3CCC2O3)C(=O)O1.O=C1CC2(CC3CCC2O3)C(=O)O1. The Morgan fingerprint density at radius 2 is 0.750 bits per heavy atom. The molecule has 10 fully saturated rings. The number of rotatable bonds is 0. The quantitative estimate of drug-likeness (QED) is 0.148. The third-order valence-corrected chi connectivity index (χ3v) is 12.8. The number of carbonyl (C=O) groups is 8. The Bertz CT molecular complexity index is 1640. The van der Waals surface area contributed by atoms with Crippen molar-refractivity contribution in [1.82, 2.24) is 0 Å². The lowest BCUT2D eigenvalue weighted by atomic mass is 9.73. The van der Waals surface area contributed by atoms with Crippen LogP contribution in [0.3, 0.4) is 0 Å². The molecule has 16 nitrogen and oxygen atoms in total. The van der Waals surface area contributed by atoms with E-state index in [0.29, 0.717) is 25.7 Å². The van der Waals surface area contributed by atoms with Gasteiger partial charge in [-0.3, -0.25) is 38.4 Å². The van der Waals surface area contributed by atoms with Crippen LogP contribution >= 0.6 is 0 Å². The molecule has 52 heavy (non-hydrogen) atoms. The van der Waals surface area contributed by atoms with E-state index in [2.05, 4.69) is 18.9 Å². The maximum Gasteiger partial charge on any atom is 0.323 e. The van der Waals surface area contributed by atoms with Gasteiger partial charge in [-0.2, -0.15) is 0 Å². The van der Waals surface area contributed by atoms with Crippen LogP contribution in [0.15, 0.2) is 24.3 Å². The Balaban J connectivity index is 0.0000000923. The Kier molecular flexibility index (Phi) is 7.58. The average Bonchev–Trinajstić information content (AvgIpc) is 3.93. The summed E-state index contributed by atoms with van der Waals surface area (Å²) in [5.74, 6) is -3.15. The largest absolute Gasteiger partial charge is 0.393 e. The highest BCUT2D eigenvalue weighted by molar-refractivity contribution is 6.00. The van der Waals surface area contributed by atoms with Crippen LogP contribution < -0.4 is 0 Å². The van der Waals surface area contributed by atoms with Crippen molar-refractivity contribution in [3.05, 3.63) is 24.3 Å². The minimum absolute atomic E-state index is 0.00319. The molecule has 12 rings (SSSR count). The fourth-order valence-corrected chi connectivity index (χ4v) is 10.2. The first-order valence-corrected chi connectivity index (χ1v) is 17.8. The number of esters is 8. The van der Waals surface area contributed by atoms with Gasteiger partial charge in [0.1, 0.15) is 21.7 Å². The molecule has 0 radical (unpaired) electrons. The molecule has 12 aliphatic heterocycles. The topological polar surface area (TPSA) is 210 Å². The summed E-state index contributed by atoms with van der Waals surface area (Å²) in [7, 11) is 0. The van der Waals surface area contributed by atoms with Crippen LogP contribution in [-0.2, 0) is 76.3 Å². The lowest BCUT2D eigenvalue weighted by Gasteiger charge is -2.24. The Labute approximate surface area is 295 Å². The maximum atomic E-state index is 11.5. The predicted molar refractivity (Wildman–Crippen MR) is 162 cm³/mol. The van der Waals surface area contributed by atoms with Gasteiger partial charge in [0.2, 0.25) is 0 Å². The molecule has 12 atom stereocenters. The molecule has 0 aromatic carbocycles. The van der Waals surface area contributed by atoms with Crippen LogP contribution in [0.4, 0.5) is 0 Å². The van der Waals surface area contributed by atoms with Crippen molar-refractivity contribution in [3.8, 4) is 0 Å². The van der Waals surface area contributed by atoms with Crippen LogP contribution in [0.5, 0.6) is 0 Å². The van der Waals surface area contributed by atoms with Crippen molar-refractivity contribution < 1.29 is 76.3 Å². The van der Waals surface area contributed by atoms with Gasteiger partial charge in [-0.05, 0) is 51.4 Å². The molecule has 4 spiro atoms. The van der Waals surface area contributed by atoms with E-state index in [-0.39, 0.29) is 98.4 Å². The van der Waals surface area contributed by atoms with Gasteiger partial charge in [-0.25, -0.2) is 0 Å². The second-order valence-corrected chi connectivity index (χ2v) is 15.8. The van der Waals surface area contributed by atoms with E-state index in [9.17, 15) is 38.4 Å². The first-order valence-electron chi connectivity index (χ1n) is 17.8. The lowest BCUT2D eigenvalue weighted by molar-refractivity contribution is -0.158. The van der Waals surface area contributed by atoms with Gasteiger partial charge >= 0.3 is 47.8 Å². The monoisotopic (exact) mass is 724 g/mol. The zero-order valence-corrected chi connectivity index (χ0v) is 27.9. The highest BCUT2D eigenvalue weighted by Crippen LogP contribution is 2.55. The van der Waals surface area contributed by atoms with Crippen LogP contribution in [0.25, 0.3) is 0 Å². The maximum absolute atomic E-state index is 11.5. The molecule has 0 saturated carbocycles. The van der Waals surface area contributed by atoms with Crippen molar-refractivity contribution in [2.75, 3.05) is 0 Å². The molecule has 0 aliphatic carbocycles. The fourth-order valence-electron chi connectivity index (χ4n) is 10.2. The summed E-state index contributed by atoms with van der Waals surface area (Å²) in [4.78, 5) is 89.8. The second kappa shape index (κ2) is 11.7. The minimum Gasteiger partial charge on any atom is -0.393 e. The van der Waals surface area contributed by atoms with Crippen molar-refractivity contribution >= 4 is 47.8 Å². The van der Waals surface area contributed by atoms with E-state index in [0.717, 1.165) is 25.7 Å². The number of hydrogen-bond acceptors (Lipinski definition) is 16. The molecule has 0 aromatic heterocycles. The van der Waals surface area contributed by atoms with Crippen molar-refractivity contribution in [2.24, 2.45) is 21.7 Å². The van der Waals surface area contributed by atoms with E-state index >= 15 is 0 Å². The summed E-state index contributed by atoms with van der Waals surface area (Å²) >= 11 is 0. The number of cyclic esters (lactones) is 8. The average molecular weight is 725 g/mol. The molecular formula is C36H36O16. The molecule has 8 bridgehead atoms. The summed E-state index contributed by atoms with van der Waals surface area (Å²) < 4.78 is 40.4. The van der Waals surface area contributed by atoms with Crippen LogP contribution in [0.1, 0.15) is 77.0 Å². The molecule has 0 amide bonds. The summed E-state index contributed by atoms with van der Waals surface area (Å²) in [6.45, 7) is 0. The lowest BCUT2D eigenvalue weighted by Crippen LogP contribution is -2.36. The van der Waals surface area contributed by atoms with Gasteiger partial charge in [0.05, 0.1) is 74.5 Å². The molecule has 276 valence electrons. The molecule has 0 aromatic rings. The third-order valence-electron chi connectivity index (χ3n) is 12.8. The molecule has 12 unspecified atom stereocenters. The minimum atomic E-state index is -0.684. The summed E-state index contributed by atoms with van der Waals surface area (Å²) in [6, 6.07) is 0. The Morgan fingerprint density at radius 3 is 0.962 bits per heavy atom. The number of ether oxygens (including phenoxy) is 8. The van der Waals surface area contributed by atoms with Gasteiger partial charge < -0.3 is 37.9 Å². The first kappa shape index (κ1) is 33.7. The second-order valence-electron chi connectivity index (χ2n) is 15.8. The number of carbonyl (C=O) groups excluding carboxylic acids is 8. The molecule has 12 heterocycles. The zero-order valence-electron chi connectivity index (χ0n) is 27.9. The van der Waals surface area contributed by atoms with Gasteiger partial charge in [0.15, 0.2) is 0 Å². The highest BCUT2D eigenvalue weighted by Gasteiger charge is 2.65. The Hall–Kier alpha value is -4.12. The number of fused-ring (bicyclic) bond motifs is 12. The standard InChI is InChI=1S/2C9H10O4.2C9H8O4/c4*10-7-4-9(8(11)13-7)3-5-1-2-6(9)12-5/h2*5-6H,1-4H2;2*1-2,5-6H,3-4H2. The smallest absolute Gasteiger partial charge is 0.323 e. The molecule has 10 saturated heterocycles. The van der Waals surface area contributed by atoms with E-state index in [1.807, 2.05) is 24.3 Å². The number of hydrogen-bond donors (Lipinski definition) is 0. The summed E-state index contributed by atoms with van der Waals surface area (Å²) in [6.07, 6.45) is 14.6. The molecule has 0 N–H and O–H groups in total. The van der Waals surface area contributed by atoms with E-state index in [1.165, 1.54) is 0 Å². The van der Waals surface area contributed by atoms with E-state index in [1.54, 1.807) is 0 Å². The van der Waals surface area contributed by atoms with Crippen LogP contribution in [-0.4, -0.2) is 96.6 Å². The van der Waals surface area contributed by atoms with Gasteiger partial charge in [-0.1, -0.05) is 24.3 Å². The van der Waals surface area contributed by atoms with Gasteiger partial charge in [0.25, 0.3) is 0 Å². The van der Waals surface area contributed by atoms with Crippen molar-refractivity contribution in [3.63, 3.8) is 0 Å². The third kappa shape index (κ3) is 5.01. The zero-order chi connectivity index (χ0) is 36.2. The fraction of sp³-hybridized carbons (Fsp3) is 0.667. The molecule has 16 heteroatoms. The van der Waals surface area contributed by atoms with Crippen molar-refractivity contribution in [1.29, 1.82) is 0 Å². The predicted octanol–water partition coefficient (Wildman–Crippen LogP) is 1.14. The Morgan fingerprint density at radius 1 is 0.404 bits per heavy atom. The van der Waals surface area contributed by atoms with Gasteiger partial charge in [0, 0.05) is 0 Å². The van der Waals surface area contributed by atoms with Crippen molar-refractivity contribution in [2.45, 2.75) is 126 Å². The van der Waals surface area contributed by atoms with Crippen LogP contribution in [0.2, 0.25) is 0 Å². The molecule has 12 aliphatic rings. The van der Waals surface area contributed by atoms with E-state index < -0.39 is 45.5 Å². The van der Waals surface area contributed by atoms with Crippen LogP contribution in [0, 0.1) is 21.7 Å². The summed E-state index contributed by atoms with van der Waals surface area (Å²) in [5.41, 5.74) is -2.56. The van der Waals surface area contributed by atoms with E-state index in [4.69, 9.17) is 18.9 Å². The molecular weight excluding hydrogens is 688 g/mol. The summed E-state index contributed by atoms with van der Waals surface area (Å²) in [5, 5.41) is 0. The van der Waals surface area contributed by atoms with Gasteiger partial charge in [-0.15, -0.1) is 0 Å². The highest BCUT2D eigenvalue weighted by atomic mass is 16.6. The normalized spacial score (nSPS) is 47.1. The first-order chi connectivity index (χ1) is 24.8.